The number of carbonyl (C=O) groups is 2. The maximum Gasteiger partial charge on any atom is 0.308 e. The fraction of sp³-hybridized carbons (Fsp3) is 0.500. The first kappa shape index (κ1) is 14.4. The Kier molecular flexibility index (Phi) is 3.66. The molecule has 4 nitrogen and oxygen atoms in total. The lowest BCUT2D eigenvalue weighted by atomic mass is 9.91. The van der Waals surface area contributed by atoms with Crippen LogP contribution in [-0.4, -0.2) is 35.0 Å². The molecule has 5 heteroatoms. The number of carboxylic acids is 1. The van der Waals surface area contributed by atoms with Gasteiger partial charge in [0.1, 0.15) is 0 Å². The SMILES string of the molecule is O=C(O)[C@H]1CCCN(C(=O)C2(c3cccc(Cl)c3)CC2)C1. The van der Waals surface area contributed by atoms with Gasteiger partial charge in [-0.3, -0.25) is 9.59 Å². The molecule has 0 unspecified atom stereocenters. The van der Waals surface area contributed by atoms with E-state index >= 15 is 0 Å². The zero-order valence-corrected chi connectivity index (χ0v) is 12.5. The van der Waals surface area contributed by atoms with Gasteiger partial charge in [-0.05, 0) is 43.4 Å². The van der Waals surface area contributed by atoms with E-state index in [1.54, 1.807) is 11.0 Å². The lowest BCUT2D eigenvalue weighted by Gasteiger charge is -2.33. The van der Waals surface area contributed by atoms with Crippen molar-refractivity contribution in [3.8, 4) is 0 Å². The molecule has 2 fully saturated rings. The topological polar surface area (TPSA) is 57.6 Å². The van der Waals surface area contributed by atoms with Crippen LogP contribution in [0.1, 0.15) is 31.2 Å². The van der Waals surface area contributed by atoms with Gasteiger partial charge in [0.2, 0.25) is 5.91 Å². The number of rotatable bonds is 3. The molecule has 21 heavy (non-hydrogen) atoms. The summed E-state index contributed by atoms with van der Waals surface area (Å²) in [6, 6.07) is 7.45. The molecule has 1 saturated carbocycles. The van der Waals surface area contributed by atoms with Crippen molar-refractivity contribution < 1.29 is 14.7 Å². The molecule has 1 aromatic rings. The number of hydrogen-bond acceptors (Lipinski definition) is 2. The van der Waals surface area contributed by atoms with E-state index in [4.69, 9.17) is 16.7 Å². The molecule has 1 amide bonds. The van der Waals surface area contributed by atoms with Gasteiger partial charge < -0.3 is 10.0 Å². The average Bonchev–Trinajstić information content (AvgIpc) is 3.28. The van der Waals surface area contributed by atoms with Crippen molar-refractivity contribution in [2.75, 3.05) is 13.1 Å². The summed E-state index contributed by atoms with van der Waals surface area (Å²) < 4.78 is 0. The summed E-state index contributed by atoms with van der Waals surface area (Å²) in [6.07, 6.45) is 3.05. The molecular weight excluding hydrogens is 290 g/mol. The van der Waals surface area contributed by atoms with E-state index < -0.39 is 17.3 Å². The third-order valence-electron chi connectivity index (χ3n) is 4.59. The molecule has 112 valence electrons. The van der Waals surface area contributed by atoms with Crippen LogP contribution in [0.4, 0.5) is 0 Å². The van der Waals surface area contributed by atoms with Gasteiger partial charge in [-0.2, -0.15) is 0 Å². The van der Waals surface area contributed by atoms with Crippen LogP contribution in [0.3, 0.4) is 0 Å². The van der Waals surface area contributed by atoms with E-state index in [9.17, 15) is 9.59 Å². The van der Waals surface area contributed by atoms with Crippen LogP contribution in [0, 0.1) is 5.92 Å². The second-order valence-electron chi connectivity index (χ2n) is 6.02. The maximum atomic E-state index is 12.9. The Labute approximate surface area is 128 Å². The molecular formula is C16H18ClNO3. The number of aliphatic carboxylic acids is 1. The first-order chi connectivity index (χ1) is 10.0. The number of likely N-dealkylation sites (tertiary alicyclic amines) is 1. The largest absolute Gasteiger partial charge is 0.481 e. The Morgan fingerprint density at radius 2 is 2.10 bits per heavy atom. The molecule has 1 aliphatic heterocycles. The molecule has 0 bridgehead atoms. The summed E-state index contributed by atoms with van der Waals surface area (Å²) in [5.74, 6) is -1.17. The molecule has 0 aromatic heterocycles. The van der Waals surface area contributed by atoms with E-state index in [2.05, 4.69) is 0 Å². The highest BCUT2D eigenvalue weighted by atomic mass is 35.5. The summed E-state index contributed by atoms with van der Waals surface area (Å²) in [5.41, 5.74) is 0.489. The molecule has 0 radical (unpaired) electrons. The predicted molar refractivity (Wildman–Crippen MR) is 79.3 cm³/mol. The minimum absolute atomic E-state index is 0.0655. The lowest BCUT2D eigenvalue weighted by molar-refractivity contribution is -0.146. The van der Waals surface area contributed by atoms with Crippen molar-refractivity contribution in [1.29, 1.82) is 0 Å². The van der Waals surface area contributed by atoms with Gasteiger partial charge in [0.25, 0.3) is 0 Å². The van der Waals surface area contributed by atoms with Crippen LogP contribution in [-0.2, 0) is 15.0 Å². The van der Waals surface area contributed by atoms with E-state index in [1.165, 1.54) is 0 Å². The Hall–Kier alpha value is -1.55. The molecule has 1 saturated heterocycles. The first-order valence-electron chi connectivity index (χ1n) is 7.31. The quantitative estimate of drug-likeness (QED) is 0.934. The van der Waals surface area contributed by atoms with Crippen LogP contribution < -0.4 is 0 Å². The van der Waals surface area contributed by atoms with Gasteiger partial charge in [-0.1, -0.05) is 23.7 Å². The Balaban J connectivity index is 1.80. The number of benzene rings is 1. The zero-order valence-electron chi connectivity index (χ0n) is 11.7. The van der Waals surface area contributed by atoms with Crippen molar-refractivity contribution >= 4 is 23.5 Å². The van der Waals surface area contributed by atoms with Crippen molar-refractivity contribution in [3.63, 3.8) is 0 Å². The first-order valence-corrected chi connectivity index (χ1v) is 7.69. The van der Waals surface area contributed by atoms with E-state index in [0.717, 1.165) is 24.8 Å². The molecule has 1 heterocycles. The minimum Gasteiger partial charge on any atom is -0.481 e. The van der Waals surface area contributed by atoms with Crippen LogP contribution in [0.5, 0.6) is 0 Å². The standard InChI is InChI=1S/C16H18ClNO3/c17-13-5-1-4-12(9-13)16(6-7-16)15(21)18-8-2-3-11(10-18)14(19)20/h1,4-5,9,11H,2-3,6-8,10H2,(H,19,20)/t11-/m0/s1. The lowest BCUT2D eigenvalue weighted by Crippen LogP contribution is -2.46. The molecule has 1 atom stereocenters. The van der Waals surface area contributed by atoms with Gasteiger partial charge in [0.15, 0.2) is 0 Å². The van der Waals surface area contributed by atoms with Crippen LogP contribution in [0.2, 0.25) is 5.02 Å². The van der Waals surface area contributed by atoms with Gasteiger partial charge in [-0.15, -0.1) is 0 Å². The maximum absolute atomic E-state index is 12.9. The number of halogens is 1. The van der Waals surface area contributed by atoms with E-state index in [-0.39, 0.29) is 5.91 Å². The van der Waals surface area contributed by atoms with Crippen molar-refractivity contribution in [2.45, 2.75) is 31.1 Å². The summed E-state index contributed by atoms with van der Waals surface area (Å²) in [6.45, 7) is 0.988. The van der Waals surface area contributed by atoms with Gasteiger partial charge >= 0.3 is 5.97 Å². The third kappa shape index (κ3) is 2.64. The second-order valence-corrected chi connectivity index (χ2v) is 6.46. The van der Waals surface area contributed by atoms with E-state index in [0.29, 0.717) is 24.5 Å². The van der Waals surface area contributed by atoms with E-state index in [1.807, 2.05) is 18.2 Å². The molecule has 3 rings (SSSR count). The second kappa shape index (κ2) is 5.34. The fourth-order valence-corrected chi connectivity index (χ4v) is 3.39. The Morgan fingerprint density at radius 1 is 1.33 bits per heavy atom. The molecule has 1 aliphatic carbocycles. The number of amides is 1. The third-order valence-corrected chi connectivity index (χ3v) is 4.83. The summed E-state index contributed by atoms with van der Waals surface area (Å²) in [4.78, 5) is 25.7. The molecule has 0 spiro atoms. The van der Waals surface area contributed by atoms with Crippen LogP contribution in [0.15, 0.2) is 24.3 Å². The number of hydrogen-bond donors (Lipinski definition) is 1. The van der Waals surface area contributed by atoms with Gasteiger partial charge in [0.05, 0.1) is 11.3 Å². The predicted octanol–water partition coefficient (Wildman–Crippen LogP) is 2.69. The summed E-state index contributed by atoms with van der Waals surface area (Å²) in [5, 5.41) is 9.79. The molecule has 1 aromatic carbocycles. The van der Waals surface area contributed by atoms with Gasteiger partial charge in [-0.25, -0.2) is 0 Å². The molecule has 1 N–H and O–H groups in total. The highest BCUT2D eigenvalue weighted by molar-refractivity contribution is 6.30. The highest BCUT2D eigenvalue weighted by Crippen LogP contribution is 2.50. The minimum atomic E-state index is -0.805. The normalized spacial score (nSPS) is 23.7. The molecule has 2 aliphatic rings. The van der Waals surface area contributed by atoms with Gasteiger partial charge in [0, 0.05) is 18.1 Å². The van der Waals surface area contributed by atoms with Crippen molar-refractivity contribution in [2.24, 2.45) is 5.92 Å². The summed E-state index contributed by atoms with van der Waals surface area (Å²) in [7, 11) is 0. The summed E-state index contributed by atoms with van der Waals surface area (Å²) >= 11 is 6.03. The number of carbonyl (C=O) groups excluding carboxylic acids is 1. The zero-order chi connectivity index (χ0) is 15.0. The Bertz CT molecular complexity index is 583. The van der Waals surface area contributed by atoms with Crippen LogP contribution in [0.25, 0.3) is 0 Å². The fourth-order valence-electron chi connectivity index (χ4n) is 3.20. The smallest absolute Gasteiger partial charge is 0.308 e. The monoisotopic (exact) mass is 307 g/mol. The van der Waals surface area contributed by atoms with Crippen molar-refractivity contribution in [1.82, 2.24) is 4.90 Å². The highest BCUT2D eigenvalue weighted by Gasteiger charge is 2.53. The number of carboxylic acid groups (broad SMARTS) is 1. The number of nitrogens with zero attached hydrogens (tertiary/aromatic N) is 1. The number of piperidine rings is 1. The van der Waals surface area contributed by atoms with Crippen molar-refractivity contribution in [3.05, 3.63) is 34.9 Å². The van der Waals surface area contributed by atoms with Crippen LogP contribution >= 0.6 is 11.6 Å². The average molecular weight is 308 g/mol. The Morgan fingerprint density at radius 3 is 2.71 bits per heavy atom.